The molecular formula is C21H23ClN4O5. The van der Waals surface area contributed by atoms with E-state index >= 15 is 0 Å². The zero-order valence-corrected chi connectivity index (χ0v) is 17.4. The van der Waals surface area contributed by atoms with Gasteiger partial charge in [0, 0.05) is 24.3 Å². The fourth-order valence-electron chi connectivity index (χ4n) is 3.55. The largest absolute Gasteiger partial charge is 0.505 e. The molecule has 1 aromatic carbocycles. The first-order valence-electron chi connectivity index (χ1n) is 9.75. The maximum Gasteiger partial charge on any atom is 0.322 e. The number of aromatic hydroxyl groups is 1. The van der Waals surface area contributed by atoms with Gasteiger partial charge in [0.1, 0.15) is 18.3 Å². The third-order valence-corrected chi connectivity index (χ3v) is 5.53. The molecule has 2 heterocycles. The molecule has 164 valence electrons. The van der Waals surface area contributed by atoms with E-state index in [1.165, 1.54) is 12.3 Å². The van der Waals surface area contributed by atoms with E-state index in [1.54, 1.807) is 29.2 Å². The summed E-state index contributed by atoms with van der Waals surface area (Å²) in [4.78, 5) is 40.9. The Kier molecular flexibility index (Phi) is 7.09. The number of carboxylic acid groups (broad SMARTS) is 1. The number of hydrogen-bond donors (Lipinski definition) is 4. The molecule has 1 atom stereocenters. The third kappa shape index (κ3) is 5.50. The molecule has 3 rings (SSSR count). The first kappa shape index (κ1) is 22.5. The summed E-state index contributed by atoms with van der Waals surface area (Å²) in [5, 5.41) is 21.5. The number of aromatic nitrogens is 1. The Balaban J connectivity index is 1.59. The van der Waals surface area contributed by atoms with E-state index in [0.717, 1.165) is 5.56 Å². The minimum Gasteiger partial charge on any atom is -0.505 e. The van der Waals surface area contributed by atoms with Crippen molar-refractivity contribution in [3.8, 4) is 5.75 Å². The molecule has 2 aromatic rings. The zero-order chi connectivity index (χ0) is 22.5. The van der Waals surface area contributed by atoms with Gasteiger partial charge in [-0.1, -0.05) is 23.7 Å². The lowest BCUT2D eigenvalue weighted by molar-refractivity contribution is -0.136. The van der Waals surface area contributed by atoms with Crippen molar-refractivity contribution in [2.24, 2.45) is 5.73 Å². The van der Waals surface area contributed by atoms with E-state index in [9.17, 15) is 19.5 Å². The number of carbonyl (C=O) groups is 3. The lowest BCUT2D eigenvalue weighted by atomic mass is 9.89. The van der Waals surface area contributed by atoms with Crippen molar-refractivity contribution in [2.45, 2.75) is 24.8 Å². The fourth-order valence-corrected chi connectivity index (χ4v) is 3.68. The summed E-state index contributed by atoms with van der Waals surface area (Å²) >= 11 is 5.88. The average Bonchev–Trinajstić information content (AvgIpc) is 2.77. The van der Waals surface area contributed by atoms with Crippen molar-refractivity contribution in [1.29, 1.82) is 0 Å². The SMILES string of the molecule is NC(C(=O)N1CCC(c2cnc(C(=O)NCC(=O)O)c(O)c2)CC1)c1ccc(Cl)cc1. The molecule has 0 bridgehead atoms. The number of halogens is 1. The molecular weight excluding hydrogens is 424 g/mol. The van der Waals surface area contributed by atoms with Crippen molar-refractivity contribution in [1.82, 2.24) is 15.2 Å². The normalized spacial score (nSPS) is 15.4. The summed E-state index contributed by atoms with van der Waals surface area (Å²) in [5.41, 5.74) is 7.34. The Morgan fingerprint density at radius 2 is 1.87 bits per heavy atom. The molecule has 1 aromatic heterocycles. The van der Waals surface area contributed by atoms with Gasteiger partial charge in [-0.3, -0.25) is 14.4 Å². The van der Waals surface area contributed by atoms with Crippen molar-refractivity contribution in [3.05, 3.63) is 58.4 Å². The van der Waals surface area contributed by atoms with E-state index in [1.807, 2.05) is 0 Å². The topological polar surface area (TPSA) is 146 Å². The molecule has 5 N–H and O–H groups in total. The number of aliphatic carboxylic acids is 1. The highest BCUT2D eigenvalue weighted by Gasteiger charge is 2.28. The van der Waals surface area contributed by atoms with Gasteiger partial charge < -0.3 is 26.2 Å². The number of carbonyl (C=O) groups excluding carboxylic acids is 2. The van der Waals surface area contributed by atoms with E-state index in [-0.39, 0.29) is 23.3 Å². The lowest BCUT2D eigenvalue weighted by Gasteiger charge is -2.33. The quantitative estimate of drug-likeness (QED) is 0.527. The van der Waals surface area contributed by atoms with Crippen LogP contribution in [0.4, 0.5) is 0 Å². The fraction of sp³-hybridized carbons (Fsp3) is 0.333. The molecule has 1 aliphatic rings. The van der Waals surface area contributed by atoms with Crippen molar-refractivity contribution in [3.63, 3.8) is 0 Å². The van der Waals surface area contributed by atoms with Crippen LogP contribution in [0.2, 0.25) is 5.02 Å². The first-order chi connectivity index (χ1) is 14.8. The number of benzene rings is 1. The van der Waals surface area contributed by atoms with E-state index in [4.69, 9.17) is 22.4 Å². The molecule has 0 saturated carbocycles. The highest BCUT2D eigenvalue weighted by Crippen LogP contribution is 2.31. The minimum atomic E-state index is -1.19. The second-order valence-electron chi connectivity index (χ2n) is 7.34. The summed E-state index contributed by atoms with van der Waals surface area (Å²) in [6, 6.07) is 7.57. The molecule has 0 spiro atoms. The second kappa shape index (κ2) is 9.76. The van der Waals surface area contributed by atoms with Crippen LogP contribution in [0, 0.1) is 0 Å². The Labute approximate surface area is 183 Å². The van der Waals surface area contributed by atoms with Crippen molar-refractivity contribution in [2.75, 3.05) is 19.6 Å². The van der Waals surface area contributed by atoms with E-state index < -0.39 is 24.5 Å². The second-order valence-corrected chi connectivity index (χ2v) is 7.78. The van der Waals surface area contributed by atoms with Crippen LogP contribution in [-0.4, -0.2) is 57.5 Å². The predicted octanol–water partition coefficient (Wildman–Crippen LogP) is 1.66. The molecule has 9 nitrogen and oxygen atoms in total. The number of pyridine rings is 1. The molecule has 1 unspecified atom stereocenters. The number of piperidine rings is 1. The van der Waals surface area contributed by atoms with Gasteiger partial charge in [0.15, 0.2) is 5.69 Å². The van der Waals surface area contributed by atoms with Crippen LogP contribution in [0.15, 0.2) is 36.5 Å². The van der Waals surface area contributed by atoms with Crippen LogP contribution in [0.3, 0.4) is 0 Å². The summed E-state index contributed by atoms with van der Waals surface area (Å²) in [6.07, 6.45) is 2.81. The number of rotatable bonds is 6. The molecule has 31 heavy (non-hydrogen) atoms. The zero-order valence-electron chi connectivity index (χ0n) is 16.6. The predicted molar refractivity (Wildman–Crippen MR) is 113 cm³/mol. The van der Waals surface area contributed by atoms with Gasteiger partial charge in [0.2, 0.25) is 5.91 Å². The van der Waals surface area contributed by atoms with Gasteiger partial charge in [-0.2, -0.15) is 0 Å². The van der Waals surface area contributed by atoms with Crippen LogP contribution in [0.5, 0.6) is 5.75 Å². The highest BCUT2D eigenvalue weighted by atomic mass is 35.5. The maximum atomic E-state index is 12.7. The van der Waals surface area contributed by atoms with Crippen LogP contribution < -0.4 is 11.1 Å². The number of likely N-dealkylation sites (tertiary alicyclic amines) is 1. The first-order valence-corrected chi connectivity index (χ1v) is 10.1. The minimum absolute atomic E-state index is 0.0605. The van der Waals surface area contributed by atoms with Crippen LogP contribution in [0.1, 0.15) is 46.4 Å². The Morgan fingerprint density at radius 1 is 1.23 bits per heavy atom. The van der Waals surface area contributed by atoms with Crippen LogP contribution in [-0.2, 0) is 9.59 Å². The number of hydrogen-bond acceptors (Lipinski definition) is 6. The molecule has 0 radical (unpaired) electrons. The smallest absolute Gasteiger partial charge is 0.322 e. The molecule has 1 fully saturated rings. The monoisotopic (exact) mass is 446 g/mol. The van der Waals surface area contributed by atoms with Gasteiger partial charge >= 0.3 is 5.97 Å². The summed E-state index contributed by atoms with van der Waals surface area (Å²) in [7, 11) is 0. The number of amides is 2. The van der Waals surface area contributed by atoms with Gasteiger partial charge in [0.05, 0.1) is 0 Å². The molecule has 1 aliphatic heterocycles. The van der Waals surface area contributed by atoms with Crippen LogP contribution in [0.25, 0.3) is 0 Å². The molecule has 1 saturated heterocycles. The lowest BCUT2D eigenvalue weighted by Crippen LogP contribution is -2.43. The number of nitrogens with zero attached hydrogens (tertiary/aromatic N) is 2. The molecule has 0 aliphatic carbocycles. The van der Waals surface area contributed by atoms with Crippen LogP contribution >= 0.6 is 11.6 Å². The summed E-state index contributed by atoms with van der Waals surface area (Å²) < 4.78 is 0. The van der Waals surface area contributed by atoms with Crippen molar-refractivity contribution >= 4 is 29.4 Å². The van der Waals surface area contributed by atoms with Gasteiger partial charge in [-0.25, -0.2) is 4.98 Å². The van der Waals surface area contributed by atoms with E-state index in [0.29, 0.717) is 36.5 Å². The molecule has 2 amide bonds. The number of nitrogens with one attached hydrogen (secondary N) is 1. The number of carboxylic acids is 1. The Morgan fingerprint density at radius 3 is 2.45 bits per heavy atom. The van der Waals surface area contributed by atoms with Gasteiger partial charge in [-0.15, -0.1) is 0 Å². The van der Waals surface area contributed by atoms with E-state index in [2.05, 4.69) is 10.3 Å². The summed E-state index contributed by atoms with van der Waals surface area (Å²) in [6.45, 7) is 0.450. The molecule has 10 heteroatoms. The Bertz CT molecular complexity index is 974. The van der Waals surface area contributed by atoms with Gasteiger partial charge in [0.25, 0.3) is 5.91 Å². The third-order valence-electron chi connectivity index (χ3n) is 5.28. The Hall–Kier alpha value is -3.17. The van der Waals surface area contributed by atoms with Crippen molar-refractivity contribution < 1.29 is 24.6 Å². The average molecular weight is 447 g/mol. The number of nitrogens with two attached hydrogens (primary N) is 1. The highest BCUT2D eigenvalue weighted by molar-refractivity contribution is 6.30. The summed E-state index contributed by atoms with van der Waals surface area (Å²) in [5.74, 6) is -2.37. The standard InChI is InChI=1S/C21H23ClN4O5/c22-15-3-1-13(2-4-15)18(23)21(31)26-7-5-12(6-8-26)14-9-16(27)19(24-10-14)20(30)25-11-17(28)29/h1-4,9-10,12,18,27H,5-8,11,23H2,(H,25,30)(H,28,29). The van der Waals surface area contributed by atoms with Gasteiger partial charge in [-0.05, 0) is 48.1 Å². The maximum absolute atomic E-state index is 12.7.